The van der Waals surface area contributed by atoms with Crippen LogP contribution in [0.25, 0.3) is 0 Å². The highest BCUT2D eigenvalue weighted by Gasteiger charge is 2.09. The zero-order valence-electron chi connectivity index (χ0n) is 10.00. The molecule has 0 aliphatic rings. The summed E-state index contributed by atoms with van der Waals surface area (Å²) in [6.45, 7) is 0.517. The first kappa shape index (κ1) is 13.8. The van der Waals surface area contributed by atoms with Gasteiger partial charge in [-0.3, -0.25) is 0 Å². The lowest BCUT2D eigenvalue weighted by molar-refractivity contribution is 0.438. The SMILES string of the molecule is NCCc1ccc(Oc2ccc(F)cc2F)c(Cl)c1. The molecule has 0 fully saturated rings. The monoisotopic (exact) mass is 283 g/mol. The fourth-order valence-corrected chi connectivity index (χ4v) is 1.87. The highest BCUT2D eigenvalue weighted by atomic mass is 35.5. The molecule has 0 aliphatic heterocycles. The maximum absolute atomic E-state index is 13.4. The molecule has 0 radical (unpaired) electrons. The summed E-state index contributed by atoms with van der Waals surface area (Å²) in [4.78, 5) is 0. The van der Waals surface area contributed by atoms with E-state index in [1.165, 1.54) is 6.07 Å². The van der Waals surface area contributed by atoms with E-state index in [1.807, 2.05) is 0 Å². The van der Waals surface area contributed by atoms with Gasteiger partial charge in [0.1, 0.15) is 11.6 Å². The van der Waals surface area contributed by atoms with E-state index in [0.717, 1.165) is 17.7 Å². The molecule has 100 valence electrons. The number of halogens is 3. The van der Waals surface area contributed by atoms with Gasteiger partial charge in [-0.1, -0.05) is 17.7 Å². The quantitative estimate of drug-likeness (QED) is 0.923. The van der Waals surface area contributed by atoms with Gasteiger partial charge in [0, 0.05) is 6.07 Å². The average molecular weight is 284 g/mol. The van der Waals surface area contributed by atoms with Crippen LogP contribution in [0.4, 0.5) is 8.78 Å². The van der Waals surface area contributed by atoms with Crippen molar-refractivity contribution in [2.75, 3.05) is 6.54 Å². The van der Waals surface area contributed by atoms with Crippen molar-refractivity contribution in [2.24, 2.45) is 5.73 Å². The van der Waals surface area contributed by atoms with Crippen LogP contribution in [0.2, 0.25) is 5.02 Å². The van der Waals surface area contributed by atoms with Gasteiger partial charge in [-0.25, -0.2) is 8.78 Å². The second-order valence-electron chi connectivity index (χ2n) is 3.98. The van der Waals surface area contributed by atoms with Gasteiger partial charge in [-0.05, 0) is 42.8 Å². The summed E-state index contributed by atoms with van der Waals surface area (Å²) in [5, 5.41) is 0.356. The third kappa shape index (κ3) is 3.43. The highest BCUT2D eigenvalue weighted by molar-refractivity contribution is 6.32. The highest BCUT2D eigenvalue weighted by Crippen LogP contribution is 2.31. The Morgan fingerprint density at radius 1 is 1.05 bits per heavy atom. The molecular weight excluding hydrogens is 272 g/mol. The van der Waals surface area contributed by atoms with E-state index >= 15 is 0 Å². The van der Waals surface area contributed by atoms with Crippen LogP contribution in [0.15, 0.2) is 36.4 Å². The van der Waals surface area contributed by atoms with Crippen molar-refractivity contribution in [1.29, 1.82) is 0 Å². The number of hydrogen-bond donors (Lipinski definition) is 1. The molecule has 2 aromatic rings. The number of rotatable bonds is 4. The molecule has 0 spiro atoms. The molecule has 2 rings (SSSR count). The number of benzene rings is 2. The molecule has 0 saturated heterocycles. The molecule has 2 nitrogen and oxygen atoms in total. The predicted octanol–water partition coefficient (Wildman–Crippen LogP) is 3.91. The number of ether oxygens (including phenoxy) is 1. The Morgan fingerprint density at radius 3 is 2.42 bits per heavy atom. The first-order chi connectivity index (χ1) is 9.10. The van der Waals surface area contributed by atoms with Crippen LogP contribution < -0.4 is 10.5 Å². The van der Waals surface area contributed by atoms with Crippen LogP contribution in [-0.2, 0) is 6.42 Å². The minimum atomic E-state index is -0.776. The van der Waals surface area contributed by atoms with Crippen LogP contribution in [0.5, 0.6) is 11.5 Å². The minimum absolute atomic E-state index is 0.0742. The Kier molecular flexibility index (Phi) is 4.35. The Labute approximate surface area is 114 Å². The van der Waals surface area contributed by atoms with Crippen LogP contribution in [0, 0.1) is 11.6 Å². The molecule has 0 atom stereocenters. The summed E-state index contributed by atoms with van der Waals surface area (Å²) >= 11 is 6.04. The maximum Gasteiger partial charge on any atom is 0.168 e. The summed E-state index contributed by atoms with van der Waals surface area (Å²) < 4.78 is 31.5. The lowest BCUT2D eigenvalue weighted by Gasteiger charge is -2.09. The van der Waals surface area contributed by atoms with E-state index in [-0.39, 0.29) is 5.75 Å². The minimum Gasteiger partial charge on any atom is -0.453 e. The fraction of sp³-hybridized carbons (Fsp3) is 0.143. The summed E-state index contributed by atoms with van der Waals surface area (Å²) in [5.74, 6) is -1.20. The molecule has 0 aromatic heterocycles. The zero-order valence-corrected chi connectivity index (χ0v) is 10.8. The molecule has 0 unspecified atom stereocenters. The van der Waals surface area contributed by atoms with Gasteiger partial charge in [0.2, 0.25) is 0 Å². The van der Waals surface area contributed by atoms with Crippen molar-refractivity contribution >= 4 is 11.6 Å². The first-order valence-electron chi connectivity index (χ1n) is 5.71. The van der Waals surface area contributed by atoms with Crippen molar-refractivity contribution < 1.29 is 13.5 Å². The summed E-state index contributed by atoms with van der Waals surface area (Å²) in [5.41, 5.74) is 6.42. The van der Waals surface area contributed by atoms with Gasteiger partial charge in [0.05, 0.1) is 5.02 Å². The molecule has 0 heterocycles. The molecule has 2 aromatic carbocycles. The molecule has 19 heavy (non-hydrogen) atoms. The summed E-state index contributed by atoms with van der Waals surface area (Å²) in [7, 11) is 0. The molecular formula is C14H12ClF2NO. The molecule has 2 N–H and O–H groups in total. The maximum atomic E-state index is 13.4. The van der Waals surface area contributed by atoms with E-state index in [1.54, 1.807) is 18.2 Å². The summed E-state index contributed by atoms with van der Waals surface area (Å²) in [6.07, 6.45) is 0.699. The lowest BCUT2D eigenvalue weighted by atomic mass is 10.1. The molecule has 0 saturated carbocycles. The second kappa shape index (κ2) is 5.99. The third-order valence-electron chi connectivity index (χ3n) is 2.54. The van der Waals surface area contributed by atoms with Crippen molar-refractivity contribution in [3.63, 3.8) is 0 Å². The van der Waals surface area contributed by atoms with Gasteiger partial charge >= 0.3 is 0 Å². The number of nitrogens with two attached hydrogens (primary N) is 1. The van der Waals surface area contributed by atoms with Gasteiger partial charge in [0.15, 0.2) is 11.6 Å². The van der Waals surface area contributed by atoms with E-state index in [2.05, 4.69) is 0 Å². The van der Waals surface area contributed by atoms with Crippen molar-refractivity contribution in [3.8, 4) is 11.5 Å². The molecule has 0 aliphatic carbocycles. The molecule has 5 heteroatoms. The predicted molar refractivity (Wildman–Crippen MR) is 70.6 cm³/mol. The largest absolute Gasteiger partial charge is 0.453 e. The van der Waals surface area contributed by atoms with Crippen LogP contribution in [0.1, 0.15) is 5.56 Å². The summed E-state index contributed by atoms with van der Waals surface area (Å²) in [6, 6.07) is 8.24. The second-order valence-corrected chi connectivity index (χ2v) is 4.39. The first-order valence-corrected chi connectivity index (χ1v) is 6.09. The van der Waals surface area contributed by atoms with Gasteiger partial charge in [0.25, 0.3) is 0 Å². The van der Waals surface area contributed by atoms with Crippen LogP contribution in [0.3, 0.4) is 0 Å². The van der Waals surface area contributed by atoms with Crippen molar-refractivity contribution in [1.82, 2.24) is 0 Å². The average Bonchev–Trinajstić information content (AvgIpc) is 2.36. The molecule has 0 bridgehead atoms. The van der Waals surface area contributed by atoms with E-state index in [4.69, 9.17) is 22.1 Å². The lowest BCUT2D eigenvalue weighted by Crippen LogP contribution is -2.02. The fourth-order valence-electron chi connectivity index (χ4n) is 1.63. The topological polar surface area (TPSA) is 35.2 Å². The smallest absolute Gasteiger partial charge is 0.168 e. The van der Waals surface area contributed by atoms with E-state index in [9.17, 15) is 8.78 Å². The Bertz CT molecular complexity index is 590. The zero-order chi connectivity index (χ0) is 13.8. The Hall–Kier alpha value is -1.65. The van der Waals surface area contributed by atoms with Crippen LogP contribution >= 0.6 is 11.6 Å². The van der Waals surface area contributed by atoms with Gasteiger partial charge in [-0.2, -0.15) is 0 Å². The van der Waals surface area contributed by atoms with Crippen molar-refractivity contribution in [3.05, 3.63) is 58.6 Å². The third-order valence-corrected chi connectivity index (χ3v) is 2.84. The Balaban J connectivity index is 2.23. The van der Waals surface area contributed by atoms with E-state index < -0.39 is 11.6 Å². The van der Waals surface area contributed by atoms with E-state index in [0.29, 0.717) is 23.7 Å². The van der Waals surface area contributed by atoms with Crippen molar-refractivity contribution in [2.45, 2.75) is 6.42 Å². The standard InChI is InChI=1S/C14H12ClF2NO/c15-11-7-9(5-6-18)1-3-13(11)19-14-4-2-10(16)8-12(14)17/h1-4,7-8H,5-6,18H2. The molecule has 0 amide bonds. The van der Waals surface area contributed by atoms with Gasteiger partial charge in [-0.15, -0.1) is 0 Å². The van der Waals surface area contributed by atoms with Crippen LogP contribution in [-0.4, -0.2) is 6.54 Å². The normalized spacial score (nSPS) is 10.5. The van der Waals surface area contributed by atoms with Gasteiger partial charge < -0.3 is 10.5 Å². The number of hydrogen-bond acceptors (Lipinski definition) is 2. The Morgan fingerprint density at radius 2 is 1.79 bits per heavy atom.